The van der Waals surface area contributed by atoms with Crippen LogP contribution in [0.15, 0.2) is 64.3 Å². The molecule has 2 aliphatic rings. The first kappa shape index (κ1) is 25.1. The molecule has 39 heavy (non-hydrogen) atoms. The summed E-state index contributed by atoms with van der Waals surface area (Å²) in [7, 11) is 0. The van der Waals surface area contributed by atoms with E-state index in [-0.39, 0.29) is 25.6 Å². The van der Waals surface area contributed by atoms with Gasteiger partial charge in [0, 0.05) is 42.8 Å². The Hall–Kier alpha value is -4.17. The summed E-state index contributed by atoms with van der Waals surface area (Å²) in [6.07, 6.45) is -3.58. The van der Waals surface area contributed by atoms with Gasteiger partial charge in [0.15, 0.2) is 6.23 Å². The first-order chi connectivity index (χ1) is 19.4. The van der Waals surface area contributed by atoms with Gasteiger partial charge in [0.25, 0.3) is 5.56 Å². The van der Waals surface area contributed by atoms with Crippen LogP contribution in [0.1, 0.15) is 48.4 Å². The zero-order valence-electron chi connectivity index (χ0n) is 22.3. The number of aliphatic hydroxyl groups excluding tert-OH is 1. The minimum atomic E-state index is -1.19. The van der Waals surface area contributed by atoms with Crippen molar-refractivity contribution in [3.8, 4) is 11.8 Å². The highest BCUT2D eigenvalue weighted by Crippen LogP contribution is 2.31. The van der Waals surface area contributed by atoms with E-state index in [0.29, 0.717) is 6.42 Å². The molecule has 0 radical (unpaired) electrons. The first-order valence-electron chi connectivity index (χ1n) is 13.3. The smallest absolute Gasteiger partial charge is 0.407 e. The van der Waals surface area contributed by atoms with E-state index in [1.54, 1.807) is 0 Å². The molecule has 0 spiro atoms. The van der Waals surface area contributed by atoms with Gasteiger partial charge in [0.1, 0.15) is 18.3 Å². The second-order valence-corrected chi connectivity index (χ2v) is 9.39. The lowest BCUT2D eigenvalue weighted by Crippen LogP contribution is -2.40. The van der Waals surface area contributed by atoms with Gasteiger partial charge < -0.3 is 24.6 Å². The molecule has 5 rings (SSSR count). The number of nitrogens with one attached hydrogen (secondary N) is 2. The van der Waals surface area contributed by atoms with E-state index in [4.69, 9.17) is 15.6 Å². The zero-order chi connectivity index (χ0) is 28.2. The van der Waals surface area contributed by atoms with Crippen molar-refractivity contribution in [2.75, 3.05) is 13.2 Å². The quantitative estimate of drug-likeness (QED) is 0.327. The molecular formula is C29H29N3O7. The number of aromatic nitrogens is 2. The Morgan fingerprint density at radius 2 is 1.95 bits per heavy atom. The average molecular weight is 533 g/mol. The number of hydrogen-bond donors (Lipinski definition) is 3. The molecule has 1 aliphatic carbocycles. The summed E-state index contributed by atoms with van der Waals surface area (Å²) >= 11 is 0. The Labute approximate surface area is 226 Å². The van der Waals surface area contributed by atoms with Crippen LogP contribution in [0.25, 0.3) is 0 Å². The highest BCUT2D eigenvalue weighted by Gasteiger charge is 2.44. The molecule has 10 nitrogen and oxygen atoms in total. The van der Waals surface area contributed by atoms with Crippen LogP contribution in [-0.4, -0.2) is 52.2 Å². The average Bonchev–Trinajstić information content (AvgIpc) is 3.26. The molecule has 2 heterocycles. The molecule has 2 aromatic carbocycles. The van der Waals surface area contributed by atoms with Gasteiger partial charge >= 0.3 is 11.8 Å². The number of benzene rings is 2. The number of carbonyl (C=O) groups excluding carboxylic acids is 1. The number of alkyl carbamates (subject to hydrolysis) is 1. The number of nitrogens with zero attached hydrogens (tertiary/aromatic N) is 1. The molecule has 10 heteroatoms. The number of rotatable bonds is 6. The van der Waals surface area contributed by atoms with E-state index in [1.807, 2.05) is 48.5 Å². The maximum Gasteiger partial charge on any atom is 0.407 e. The van der Waals surface area contributed by atoms with E-state index in [2.05, 4.69) is 22.1 Å². The van der Waals surface area contributed by atoms with Crippen molar-refractivity contribution in [2.24, 2.45) is 0 Å². The molecule has 1 aromatic heterocycles. The van der Waals surface area contributed by atoms with E-state index < -0.39 is 48.0 Å². The van der Waals surface area contributed by atoms with Gasteiger partial charge in [0.2, 0.25) is 0 Å². The lowest BCUT2D eigenvalue weighted by molar-refractivity contribution is -0.0684. The normalized spacial score (nSPS) is 23.7. The highest BCUT2D eigenvalue weighted by atomic mass is 16.6. The van der Waals surface area contributed by atoms with E-state index in [9.17, 15) is 19.5 Å². The first-order valence-corrected chi connectivity index (χ1v) is 12.6. The minimum absolute atomic E-state index is 0.0337. The van der Waals surface area contributed by atoms with Crippen molar-refractivity contribution in [1.82, 2.24) is 14.9 Å². The largest absolute Gasteiger partial charge is 0.441 e. The monoisotopic (exact) mass is 532 g/mol. The van der Waals surface area contributed by atoms with Crippen LogP contribution < -0.4 is 16.6 Å². The molecule has 0 bridgehead atoms. The van der Waals surface area contributed by atoms with Crippen molar-refractivity contribution < 1.29 is 25.5 Å². The number of hydrogen-bond acceptors (Lipinski definition) is 7. The summed E-state index contributed by atoms with van der Waals surface area (Å²) in [5.41, 5.74) is 2.49. The Kier molecular flexibility index (Phi) is 7.27. The van der Waals surface area contributed by atoms with Crippen molar-refractivity contribution in [3.63, 3.8) is 0 Å². The second-order valence-electron chi connectivity index (χ2n) is 9.39. The van der Waals surface area contributed by atoms with Crippen LogP contribution in [-0.2, 0) is 20.6 Å². The van der Waals surface area contributed by atoms with Gasteiger partial charge in [-0.05, 0) is 31.5 Å². The molecule has 3 N–H and O–H groups in total. The fourth-order valence-electron chi connectivity index (χ4n) is 4.68. The van der Waals surface area contributed by atoms with Crippen LogP contribution in [0.5, 0.6) is 0 Å². The maximum absolute atomic E-state index is 12.8. The highest BCUT2D eigenvalue weighted by molar-refractivity contribution is 5.68. The zero-order valence-corrected chi connectivity index (χ0v) is 21.3. The minimum Gasteiger partial charge on any atom is -0.441 e. The molecule has 1 saturated heterocycles. The fourth-order valence-corrected chi connectivity index (χ4v) is 4.68. The number of H-pyrrole nitrogens is 1. The van der Waals surface area contributed by atoms with Gasteiger partial charge in [-0.25, -0.2) is 9.59 Å². The van der Waals surface area contributed by atoms with Crippen molar-refractivity contribution in [3.05, 3.63) is 103 Å². The van der Waals surface area contributed by atoms with Crippen molar-refractivity contribution >= 4 is 6.09 Å². The second kappa shape index (κ2) is 11.3. The Balaban J connectivity index is 1.23. The summed E-state index contributed by atoms with van der Waals surface area (Å²) in [6, 6.07) is 15.3. The van der Waals surface area contributed by atoms with E-state index in [1.165, 1.54) is 13.1 Å². The van der Waals surface area contributed by atoms with Crippen LogP contribution in [0.2, 0.25) is 0 Å². The van der Waals surface area contributed by atoms with Crippen LogP contribution in [0, 0.1) is 18.8 Å². The fraction of sp³-hybridized carbons (Fsp3) is 0.345. The van der Waals surface area contributed by atoms with Crippen molar-refractivity contribution in [1.29, 1.82) is 0 Å². The third-order valence-corrected chi connectivity index (χ3v) is 6.73. The lowest BCUT2D eigenvalue weighted by atomic mass is 9.92. The number of aryl methyl sites for hydroxylation is 1. The van der Waals surface area contributed by atoms with Crippen molar-refractivity contribution in [2.45, 2.75) is 50.9 Å². The lowest BCUT2D eigenvalue weighted by Gasteiger charge is -2.23. The molecule has 1 amide bonds. The number of carbonyl (C=O) groups is 1. The van der Waals surface area contributed by atoms with Crippen LogP contribution >= 0.6 is 0 Å². The third kappa shape index (κ3) is 5.66. The summed E-state index contributed by atoms with van der Waals surface area (Å²) in [6.45, 7) is 1.29. The number of amides is 1. The maximum atomic E-state index is 12.8. The number of ether oxygens (including phenoxy) is 3. The SMILES string of the molecule is [2H]C[C@H]1O[C@@H](n2cc(C)c(=O)[nH]c2=O)[C@@H](OCCNC(=O)OC2Cc3ccccc3C#Cc3ccccc32)C1O. The molecule has 202 valence electrons. The van der Waals surface area contributed by atoms with Gasteiger partial charge in [-0.2, -0.15) is 0 Å². The van der Waals surface area contributed by atoms with Gasteiger partial charge in [-0.3, -0.25) is 14.3 Å². The predicted molar refractivity (Wildman–Crippen MR) is 141 cm³/mol. The molecule has 1 fully saturated rings. The molecule has 1 aliphatic heterocycles. The standard InChI is InChI=1S/C29H29N3O7/c1-17-16-32(28(35)31-26(17)34)27-25(24(33)18(2)38-27)37-14-13-30-29(36)39-23-15-21-9-4-3-7-19(21)11-12-20-8-5-6-10-22(20)23/h3-10,16,18,23-25,27,33H,13-15H2,1-2H3,(H,30,36)(H,31,34,35)/t18-,23?,24?,25+,27-/m1/s1/i2D. The molecule has 2 unspecified atom stereocenters. The van der Waals surface area contributed by atoms with Gasteiger partial charge in [0.05, 0.1) is 12.7 Å². The summed E-state index contributed by atoms with van der Waals surface area (Å²) < 4.78 is 26.1. The van der Waals surface area contributed by atoms with Crippen LogP contribution in [0.3, 0.4) is 0 Å². The Bertz CT molecular complexity index is 1570. The predicted octanol–water partition coefficient (Wildman–Crippen LogP) is 1.93. The van der Waals surface area contributed by atoms with Gasteiger partial charge in [-0.1, -0.05) is 48.2 Å². The topological polar surface area (TPSA) is 132 Å². The summed E-state index contributed by atoms with van der Waals surface area (Å²) in [4.78, 5) is 39.2. The van der Waals surface area contributed by atoms with Crippen LogP contribution in [0.4, 0.5) is 4.79 Å². The number of aromatic amines is 1. The third-order valence-electron chi connectivity index (χ3n) is 6.73. The van der Waals surface area contributed by atoms with E-state index in [0.717, 1.165) is 26.8 Å². The Morgan fingerprint density at radius 3 is 2.77 bits per heavy atom. The molecule has 5 atom stereocenters. The van der Waals surface area contributed by atoms with Gasteiger partial charge in [-0.15, -0.1) is 0 Å². The summed E-state index contributed by atoms with van der Waals surface area (Å²) in [5, 5.41) is 13.3. The molecular weight excluding hydrogens is 502 g/mol. The number of fused-ring (bicyclic) bond motifs is 2. The summed E-state index contributed by atoms with van der Waals surface area (Å²) in [5.74, 6) is 6.37. The number of aliphatic hydroxyl groups is 1. The van der Waals surface area contributed by atoms with E-state index >= 15 is 0 Å². The molecule has 0 saturated carbocycles. The molecule has 3 aromatic rings. The Morgan fingerprint density at radius 1 is 1.21 bits per heavy atom.